The lowest BCUT2D eigenvalue weighted by atomic mass is 10.0. The zero-order valence-electron chi connectivity index (χ0n) is 15.2. The minimum Gasteiger partial charge on any atom is -0.354 e. The van der Waals surface area contributed by atoms with Gasteiger partial charge in [0.25, 0.3) is 0 Å². The largest absolute Gasteiger partial charge is 0.354 e. The number of hydrogen-bond donors (Lipinski definition) is 1. The normalized spacial score (nSPS) is 15.4. The first-order valence-electron chi connectivity index (χ1n) is 9.25. The fourth-order valence-corrected chi connectivity index (χ4v) is 5.23. The third kappa shape index (κ3) is 3.09. The maximum absolute atomic E-state index is 12.9. The van der Waals surface area contributed by atoms with Gasteiger partial charge in [-0.05, 0) is 48.6 Å². The average molecular weight is 382 g/mol. The number of H-pyrrole nitrogens is 1. The summed E-state index contributed by atoms with van der Waals surface area (Å²) in [6, 6.07) is 13.0. The molecule has 0 atom stereocenters. The van der Waals surface area contributed by atoms with Gasteiger partial charge in [0.1, 0.15) is 0 Å². The summed E-state index contributed by atoms with van der Waals surface area (Å²) in [5, 5.41) is 0.639. The molecule has 0 saturated carbocycles. The highest BCUT2D eigenvalue weighted by atomic mass is 32.2. The van der Waals surface area contributed by atoms with Crippen LogP contribution in [0.2, 0.25) is 0 Å². The first kappa shape index (κ1) is 17.9. The average Bonchev–Trinajstić information content (AvgIpc) is 3.35. The number of nitrogens with zero attached hydrogens (tertiary/aromatic N) is 1. The molecule has 0 amide bonds. The third-order valence-electron chi connectivity index (χ3n) is 5.28. The van der Waals surface area contributed by atoms with Gasteiger partial charge in [-0.1, -0.05) is 31.2 Å². The number of sulfonamides is 1. The maximum Gasteiger partial charge on any atom is 0.243 e. The van der Waals surface area contributed by atoms with Gasteiger partial charge in [-0.2, -0.15) is 4.31 Å². The Kier molecular flexibility index (Phi) is 4.61. The number of carbonyl (C=O) groups excluding carboxylic acids is 1. The van der Waals surface area contributed by atoms with E-state index in [0.717, 1.165) is 42.3 Å². The Balaban J connectivity index is 1.83. The molecule has 1 N–H and O–H groups in total. The molecule has 27 heavy (non-hydrogen) atoms. The van der Waals surface area contributed by atoms with Crippen molar-refractivity contribution in [2.45, 2.75) is 31.1 Å². The van der Waals surface area contributed by atoms with Gasteiger partial charge in [-0.3, -0.25) is 4.79 Å². The molecular weight excluding hydrogens is 360 g/mol. The second-order valence-electron chi connectivity index (χ2n) is 6.90. The van der Waals surface area contributed by atoms with E-state index >= 15 is 0 Å². The number of aromatic nitrogens is 1. The second kappa shape index (κ2) is 6.94. The standard InChI is InChI=1S/C21H22N2O3S/c1-2-15-5-7-16(8-6-15)21-19(14-24)18-13-17(9-10-20(18)22-21)27(25,26)23-11-3-4-12-23/h5-10,13-14,22H,2-4,11-12H2,1H3. The number of nitrogens with one attached hydrogen (secondary N) is 1. The molecule has 2 heterocycles. The smallest absolute Gasteiger partial charge is 0.243 e. The molecule has 4 rings (SSSR count). The number of fused-ring (bicyclic) bond motifs is 1. The van der Waals surface area contributed by atoms with Crippen LogP contribution >= 0.6 is 0 Å². The highest BCUT2D eigenvalue weighted by Crippen LogP contribution is 2.32. The number of rotatable bonds is 5. The topological polar surface area (TPSA) is 70.2 Å². The fraction of sp³-hybridized carbons (Fsp3) is 0.286. The van der Waals surface area contributed by atoms with Gasteiger partial charge in [0.15, 0.2) is 6.29 Å². The van der Waals surface area contributed by atoms with Crippen LogP contribution in [0.1, 0.15) is 35.7 Å². The lowest BCUT2D eigenvalue weighted by Gasteiger charge is -2.15. The molecular formula is C21H22N2O3S. The molecule has 1 aliphatic heterocycles. The third-order valence-corrected chi connectivity index (χ3v) is 7.18. The van der Waals surface area contributed by atoms with Gasteiger partial charge in [-0.25, -0.2) is 8.42 Å². The Labute approximate surface area is 159 Å². The van der Waals surface area contributed by atoms with E-state index in [1.807, 2.05) is 24.3 Å². The molecule has 1 aromatic heterocycles. The van der Waals surface area contributed by atoms with Crippen molar-refractivity contribution >= 4 is 27.2 Å². The summed E-state index contributed by atoms with van der Waals surface area (Å²) in [6.45, 7) is 3.21. The molecule has 0 spiro atoms. The second-order valence-corrected chi connectivity index (χ2v) is 8.84. The number of aldehydes is 1. The van der Waals surface area contributed by atoms with Gasteiger partial charge in [-0.15, -0.1) is 0 Å². The van der Waals surface area contributed by atoms with E-state index in [1.54, 1.807) is 18.2 Å². The van der Waals surface area contributed by atoms with Crippen molar-refractivity contribution in [1.82, 2.24) is 9.29 Å². The number of hydrogen-bond acceptors (Lipinski definition) is 3. The van der Waals surface area contributed by atoms with E-state index in [-0.39, 0.29) is 4.90 Å². The molecule has 6 heteroatoms. The number of aromatic amines is 1. The number of benzene rings is 2. The molecule has 0 bridgehead atoms. The Morgan fingerprint density at radius 2 is 1.78 bits per heavy atom. The molecule has 3 aromatic rings. The van der Waals surface area contributed by atoms with E-state index in [1.165, 1.54) is 9.87 Å². The highest BCUT2D eigenvalue weighted by Gasteiger charge is 2.28. The summed E-state index contributed by atoms with van der Waals surface area (Å²) in [5.41, 5.74) is 4.11. The Bertz CT molecular complexity index is 1090. The molecule has 0 unspecified atom stereocenters. The molecule has 2 aromatic carbocycles. The molecule has 140 valence electrons. The van der Waals surface area contributed by atoms with Crippen LogP contribution in [-0.4, -0.2) is 37.1 Å². The van der Waals surface area contributed by atoms with Crippen molar-refractivity contribution < 1.29 is 13.2 Å². The van der Waals surface area contributed by atoms with Crippen LogP contribution in [0.15, 0.2) is 47.4 Å². The summed E-state index contributed by atoms with van der Waals surface area (Å²) >= 11 is 0. The molecule has 1 saturated heterocycles. The molecule has 1 fully saturated rings. The van der Waals surface area contributed by atoms with Crippen molar-refractivity contribution in [3.8, 4) is 11.3 Å². The van der Waals surface area contributed by atoms with Crippen LogP contribution in [0, 0.1) is 0 Å². The van der Waals surface area contributed by atoms with Crippen LogP contribution in [0.4, 0.5) is 0 Å². The van der Waals surface area contributed by atoms with Gasteiger partial charge in [0.2, 0.25) is 10.0 Å². The summed E-state index contributed by atoms with van der Waals surface area (Å²) in [7, 11) is -3.52. The predicted octanol–water partition coefficient (Wildman–Crippen LogP) is 3.99. The summed E-state index contributed by atoms with van der Waals surface area (Å²) in [4.78, 5) is 15.4. The van der Waals surface area contributed by atoms with Crippen LogP contribution < -0.4 is 0 Å². The fourth-order valence-electron chi connectivity index (χ4n) is 3.69. The van der Waals surface area contributed by atoms with Gasteiger partial charge >= 0.3 is 0 Å². The predicted molar refractivity (Wildman–Crippen MR) is 106 cm³/mol. The summed E-state index contributed by atoms with van der Waals surface area (Å²) in [5.74, 6) is 0. The highest BCUT2D eigenvalue weighted by molar-refractivity contribution is 7.89. The number of carbonyl (C=O) groups is 1. The van der Waals surface area contributed by atoms with Crippen molar-refractivity contribution in [3.05, 3.63) is 53.6 Å². The van der Waals surface area contributed by atoms with Crippen molar-refractivity contribution in [1.29, 1.82) is 0 Å². The maximum atomic E-state index is 12.9. The van der Waals surface area contributed by atoms with Gasteiger partial charge in [0, 0.05) is 29.6 Å². The zero-order valence-corrected chi connectivity index (χ0v) is 16.1. The van der Waals surface area contributed by atoms with Crippen molar-refractivity contribution in [2.24, 2.45) is 0 Å². The van der Waals surface area contributed by atoms with E-state index in [2.05, 4.69) is 11.9 Å². The summed E-state index contributed by atoms with van der Waals surface area (Å²) < 4.78 is 27.2. The molecule has 5 nitrogen and oxygen atoms in total. The van der Waals surface area contributed by atoms with E-state index in [9.17, 15) is 13.2 Å². The first-order valence-corrected chi connectivity index (χ1v) is 10.7. The Morgan fingerprint density at radius 1 is 1.07 bits per heavy atom. The monoisotopic (exact) mass is 382 g/mol. The molecule has 1 aliphatic rings. The summed E-state index contributed by atoms with van der Waals surface area (Å²) in [6.07, 6.45) is 3.53. The van der Waals surface area contributed by atoms with E-state index in [4.69, 9.17) is 0 Å². The lowest BCUT2D eigenvalue weighted by Crippen LogP contribution is -2.27. The first-order chi connectivity index (χ1) is 13.0. The minimum atomic E-state index is -3.52. The van der Waals surface area contributed by atoms with Crippen LogP contribution in [0.25, 0.3) is 22.2 Å². The van der Waals surface area contributed by atoms with Crippen LogP contribution in [0.3, 0.4) is 0 Å². The van der Waals surface area contributed by atoms with Gasteiger partial charge < -0.3 is 4.98 Å². The zero-order chi connectivity index (χ0) is 19.0. The van der Waals surface area contributed by atoms with Crippen LogP contribution in [-0.2, 0) is 16.4 Å². The molecule has 0 aliphatic carbocycles. The Morgan fingerprint density at radius 3 is 2.41 bits per heavy atom. The van der Waals surface area contributed by atoms with Gasteiger partial charge in [0.05, 0.1) is 10.6 Å². The SMILES string of the molecule is CCc1ccc(-c2[nH]c3ccc(S(=O)(=O)N4CCCC4)cc3c2C=O)cc1. The van der Waals surface area contributed by atoms with Crippen molar-refractivity contribution in [3.63, 3.8) is 0 Å². The number of aryl methyl sites for hydroxylation is 1. The minimum absolute atomic E-state index is 0.242. The van der Waals surface area contributed by atoms with E-state index in [0.29, 0.717) is 24.0 Å². The Hall–Kier alpha value is -2.44. The van der Waals surface area contributed by atoms with Crippen molar-refractivity contribution in [2.75, 3.05) is 13.1 Å². The lowest BCUT2D eigenvalue weighted by molar-refractivity contribution is 0.112. The quantitative estimate of drug-likeness (QED) is 0.678. The molecule has 0 radical (unpaired) electrons. The van der Waals surface area contributed by atoms with E-state index < -0.39 is 10.0 Å². The van der Waals surface area contributed by atoms with Crippen LogP contribution in [0.5, 0.6) is 0 Å².